The van der Waals surface area contributed by atoms with Crippen molar-refractivity contribution in [3.8, 4) is 16.9 Å². The van der Waals surface area contributed by atoms with E-state index in [9.17, 15) is 4.79 Å². The van der Waals surface area contributed by atoms with Gasteiger partial charge in [-0.05, 0) is 37.2 Å². The van der Waals surface area contributed by atoms with Crippen molar-refractivity contribution in [3.63, 3.8) is 0 Å². The molecule has 28 heavy (non-hydrogen) atoms. The highest BCUT2D eigenvalue weighted by atomic mass is 16.2. The molecule has 0 unspecified atom stereocenters. The van der Waals surface area contributed by atoms with E-state index in [1.807, 2.05) is 53.6 Å². The first-order chi connectivity index (χ1) is 13.8. The van der Waals surface area contributed by atoms with Crippen LogP contribution in [0.15, 0.2) is 61.1 Å². The number of amides is 1. The van der Waals surface area contributed by atoms with Crippen LogP contribution < -0.4 is 0 Å². The van der Waals surface area contributed by atoms with Crippen molar-refractivity contribution in [2.45, 2.75) is 13.3 Å². The first kappa shape index (κ1) is 18.4. The van der Waals surface area contributed by atoms with Crippen molar-refractivity contribution < 1.29 is 4.79 Å². The third kappa shape index (κ3) is 3.82. The van der Waals surface area contributed by atoms with Gasteiger partial charge >= 0.3 is 0 Å². The Morgan fingerprint density at radius 1 is 1.04 bits per heavy atom. The molecule has 1 fully saturated rings. The summed E-state index contributed by atoms with van der Waals surface area (Å²) in [5.74, 6) is 0.0391. The monoisotopic (exact) mass is 375 g/mol. The maximum Gasteiger partial charge on any atom is 0.257 e. The van der Waals surface area contributed by atoms with Gasteiger partial charge in [-0.15, -0.1) is 0 Å². The zero-order chi connectivity index (χ0) is 19.3. The predicted octanol–water partition coefficient (Wildman–Crippen LogP) is 3.10. The van der Waals surface area contributed by atoms with E-state index < -0.39 is 0 Å². The van der Waals surface area contributed by atoms with Gasteiger partial charge in [0.05, 0.1) is 11.3 Å². The molecule has 0 N–H and O–H groups in total. The van der Waals surface area contributed by atoms with Crippen LogP contribution in [0.25, 0.3) is 16.9 Å². The zero-order valence-electron chi connectivity index (χ0n) is 16.2. The van der Waals surface area contributed by atoms with Crippen LogP contribution >= 0.6 is 0 Å². The summed E-state index contributed by atoms with van der Waals surface area (Å²) in [6, 6.07) is 13.7. The Hall–Kier alpha value is -2.99. The first-order valence-corrected chi connectivity index (χ1v) is 9.83. The third-order valence-corrected chi connectivity index (χ3v) is 5.10. The highest BCUT2D eigenvalue weighted by Gasteiger charge is 2.26. The predicted molar refractivity (Wildman–Crippen MR) is 109 cm³/mol. The van der Waals surface area contributed by atoms with Gasteiger partial charge in [-0.2, -0.15) is 5.10 Å². The molecule has 6 nitrogen and oxygen atoms in total. The Labute approximate surface area is 165 Å². The Kier molecular flexibility index (Phi) is 5.48. The quantitative estimate of drug-likeness (QED) is 0.688. The van der Waals surface area contributed by atoms with Crippen LogP contribution in [-0.4, -0.2) is 63.2 Å². The van der Waals surface area contributed by atoms with Crippen molar-refractivity contribution in [3.05, 3.63) is 66.6 Å². The molecule has 144 valence electrons. The molecule has 6 heteroatoms. The molecule has 0 radical (unpaired) electrons. The van der Waals surface area contributed by atoms with E-state index in [0.29, 0.717) is 11.3 Å². The van der Waals surface area contributed by atoms with Crippen molar-refractivity contribution in [2.24, 2.45) is 0 Å². The number of benzene rings is 1. The number of para-hydroxylation sites is 1. The van der Waals surface area contributed by atoms with Gasteiger partial charge in [0, 0.05) is 50.3 Å². The molecule has 1 amide bonds. The van der Waals surface area contributed by atoms with Crippen LogP contribution in [0.4, 0.5) is 0 Å². The summed E-state index contributed by atoms with van der Waals surface area (Å²) in [5, 5.41) is 4.73. The SMILES string of the molecule is CCCN1CCN(C(=O)c2cn(-c3ccccc3)nc2-c2cccnc2)CC1. The number of piperazine rings is 1. The van der Waals surface area contributed by atoms with Crippen molar-refractivity contribution in [1.29, 1.82) is 0 Å². The van der Waals surface area contributed by atoms with E-state index in [2.05, 4.69) is 16.8 Å². The van der Waals surface area contributed by atoms with E-state index >= 15 is 0 Å². The summed E-state index contributed by atoms with van der Waals surface area (Å²) in [4.78, 5) is 21.9. The van der Waals surface area contributed by atoms with Crippen molar-refractivity contribution in [2.75, 3.05) is 32.7 Å². The lowest BCUT2D eigenvalue weighted by Crippen LogP contribution is -2.48. The first-order valence-electron chi connectivity index (χ1n) is 9.83. The van der Waals surface area contributed by atoms with Gasteiger partial charge in [-0.3, -0.25) is 14.7 Å². The van der Waals surface area contributed by atoms with E-state index in [1.54, 1.807) is 17.1 Å². The Balaban J connectivity index is 1.65. The average Bonchev–Trinajstić information content (AvgIpc) is 3.21. The third-order valence-electron chi connectivity index (χ3n) is 5.10. The molecule has 2 aromatic heterocycles. The van der Waals surface area contributed by atoms with E-state index in [0.717, 1.165) is 50.4 Å². The lowest BCUT2D eigenvalue weighted by molar-refractivity contribution is 0.0638. The van der Waals surface area contributed by atoms with Gasteiger partial charge in [-0.1, -0.05) is 25.1 Å². The number of carbonyl (C=O) groups is 1. The fourth-order valence-corrected chi connectivity index (χ4v) is 3.62. The molecule has 0 aliphatic carbocycles. The van der Waals surface area contributed by atoms with E-state index in [-0.39, 0.29) is 5.91 Å². The van der Waals surface area contributed by atoms with Crippen LogP contribution in [0, 0.1) is 0 Å². The van der Waals surface area contributed by atoms with Crippen LogP contribution in [-0.2, 0) is 0 Å². The summed E-state index contributed by atoms with van der Waals surface area (Å²) < 4.78 is 1.78. The molecule has 0 spiro atoms. The Bertz CT molecular complexity index is 915. The van der Waals surface area contributed by atoms with Gasteiger partial charge in [0.15, 0.2) is 0 Å². The summed E-state index contributed by atoms with van der Waals surface area (Å²) in [6.45, 7) is 6.64. The summed E-state index contributed by atoms with van der Waals surface area (Å²) >= 11 is 0. The minimum atomic E-state index is 0.0391. The van der Waals surface area contributed by atoms with Gasteiger partial charge in [0.1, 0.15) is 5.69 Å². The number of aromatic nitrogens is 3. The van der Waals surface area contributed by atoms with Crippen LogP contribution in [0.5, 0.6) is 0 Å². The largest absolute Gasteiger partial charge is 0.336 e. The smallest absolute Gasteiger partial charge is 0.257 e. The standard InChI is InChI=1S/C22H25N5O/c1-2-11-25-12-14-26(15-13-25)22(28)20-17-27(19-8-4-3-5-9-19)24-21(20)18-7-6-10-23-16-18/h3-10,16-17H,2,11-15H2,1H3. The number of carbonyl (C=O) groups excluding carboxylic acids is 1. The number of rotatable bonds is 5. The lowest BCUT2D eigenvalue weighted by atomic mass is 10.1. The molecule has 4 rings (SSSR count). The van der Waals surface area contributed by atoms with Gasteiger partial charge in [-0.25, -0.2) is 4.68 Å². The number of pyridine rings is 1. The van der Waals surface area contributed by atoms with Crippen LogP contribution in [0.2, 0.25) is 0 Å². The Morgan fingerprint density at radius 3 is 2.50 bits per heavy atom. The van der Waals surface area contributed by atoms with Crippen LogP contribution in [0.1, 0.15) is 23.7 Å². The molecule has 3 aromatic rings. The zero-order valence-corrected chi connectivity index (χ0v) is 16.2. The number of hydrogen-bond donors (Lipinski definition) is 0. The highest BCUT2D eigenvalue weighted by molar-refractivity contribution is 6.00. The van der Waals surface area contributed by atoms with Crippen LogP contribution in [0.3, 0.4) is 0 Å². The van der Waals surface area contributed by atoms with Gasteiger partial charge < -0.3 is 4.90 Å². The molecule has 1 aliphatic heterocycles. The summed E-state index contributed by atoms with van der Waals surface area (Å²) in [7, 11) is 0. The normalized spacial score (nSPS) is 15.0. The topological polar surface area (TPSA) is 54.3 Å². The Morgan fingerprint density at radius 2 is 1.82 bits per heavy atom. The van der Waals surface area contributed by atoms with Gasteiger partial charge in [0.2, 0.25) is 0 Å². The molecule has 1 aliphatic rings. The van der Waals surface area contributed by atoms with Crippen molar-refractivity contribution >= 4 is 5.91 Å². The maximum absolute atomic E-state index is 13.3. The second-order valence-corrected chi connectivity index (χ2v) is 7.05. The molecule has 0 bridgehead atoms. The molecule has 3 heterocycles. The minimum absolute atomic E-state index is 0.0391. The molecule has 1 aromatic carbocycles. The highest BCUT2D eigenvalue weighted by Crippen LogP contribution is 2.24. The number of nitrogens with zero attached hydrogens (tertiary/aromatic N) is 5. The number of hydrogen-bond acceptors (Lipinski definition) is 4. The molecule has 0 saturated carbocycles. The summed E-state index contributed by atoms with van der Waals surface area (Å²) in [5.41, 5.74) is 3.09. The van der Waals surface area contributed by atoms with Crippen molar-refractivity contribution in [1.82, 2.24) is 24.6 Å². The minimum Gasteiger partial charge on any atom is -0.336 e. The average molecular weight is 375 g/mol. The lowest BCUT2D eigenvalue weighted by Gasteiger charge is -2.34. The molecular weight excluding hydrogens is 350 g/mol. The second-order valence-electron chi connectivity index (χ2n) is 7.05. The molecular formula is C22H25N5O. The molecule has 1 saturated heterocycles. The van der Waals surface area contributed by atoms with E-state index in [4.69, 9.17) is 5.10 Å². The second kappa shape index (κ2) is 8.35. The maximum atomic E-state index is 13.3. The fourth-order valence-electron chi connectivity index (χ4n) is 3.62. The summed E-state index contributed by atoms with van der Waals surface area (Å²) in [6.07, 6.45) is 6.47. The molecule has 0 atom stereocenters. The fraction of sp³-hybridized carbons (Fsp3) is 0.318. The van der Waals surface area contributed by atoms with Gasteiger partial charge in [0.25, 0.3) is 5.91 Å². The van der Waals surface area contributed by atoms with E-state index in [1.165, 1.54) is 0 Å².